The van der Waals surface area contributed by atoms with Crippen LogP contribution in [0.2, 0.25) is 0 Å². The number of hydrogen-bond acceptors (Lipinski definition) is 4. The number of ether oxygens (including phenoxy) is 3. The number of hydrogen-bond donors (Lipinski definition) is 0. The quantitative estimate of drug-likeness (QED) is 0.755. The van der Waals surface area contributed by atoms with Crippen molar-refractivity contribution in [1.82, 2.24) is 0 Å². The first-order chi connectivity index (χ1) is 11.3. The summed E-state index contributed by atoms with van der Waals surface area (Å²) >= 11 is 0. The number of benzene rings is 2. The van der Waals surface area contributed by atoms with Gasteiger partial charge >= 0.3 is 12.3 Å². The Morgan fingerprint density at radius 3 is 2.29 bits per heavy atom. The van der Waals surface area contributed by atoms with Crippen LogP contribution < -0.4 is 9.47 Å². The topological polar surface area (TPSA) is 44.8 Å². The summed E-state index contributed by atoms with van der Waals surface area (Å²) < 4.78 is 50.6. The molecule has 0 aliphatic rings. The highest BCUT2D eigenvalue weighted by Gasteiger charge is 2.31. The van der Waals surface area contributed by atoms with E-state index in [1.165, 1.54) is 31.4 Å². The minimum absolute atomic E-state index is 0.240. The molecule has 0 spiro atoms. The molecule has 24 heavy (non-hydrogen) atoms. The fourth-order valence-electron chi connectivity index (χ4n) is 2.11. The lowest BCUT2D eigenvalue weighted by Crippen LogP contribution is -2.16. The van der Waals surface area contributed by atoms with E-state index >= 15 is 0 Å². The van der Waals surface area contributed by atoms with Crippen LogP contribution in [0.15, 0.2) is 42.5 Å². The number of rotatable bonds is 5. The van der Waals surface area contributed by atoms with Crippen molar-refractivity contribution in [3.05, 3.63) is 48.0 Å². The van der Waals surface area contributed by atoms with Gasteiger partial charge in [0.25, 0.3) is 0 Å². The summed E-state index contributed by atoms with van der Waals surface area (Å²) in [5, 5.41) is 0. The van der Waals surface area contributed by atoms with Gasteiger partial charge in [0.05, 0.1) is 19.3 Å². The molecule has 0 amide bonds. The molecule has 0 aliphatic heterocycles. The maximum absolute atomic E-state index is 12.2. The van der Waals surface area contributed by atoms with Gasteiger partial charge in [-0.05, 0) is 42.8 Å². The summed E-state index contributed by atoms with van der Waals surface area (Å²) in [6.07, 6.45) is -4.75. The van der Waals surface area contributed by atoms with E-state index in [0.717, 1.165) is 0 Å². The van der Waals surface area contributed by atoms with E-state index in [0.29, 0.717) is 22.4 Å². The smallest absolute Gasteiger partial charge is 0.496 e. The second kappa shape index (κ2) is 7.25. The van der Waals surface area contributed by atoms with E-state index < -0.39 is 12.3 Å². The Kier molecular flexibility index (Phi) is 5.33. The average Bonchev–Trinajstić information content (AvgIpc) is 2.54. The molecule has 0 heterocycles. The number of halogens is 3. The van der Waals surface area contributed by atoms with Crippen LogP contribution in [0.25, 0.3) is 11.1 Å². The predicted octanol–water partition coefficient (Wildman–Crippen LogP) is 4.44. The molecule has 2 aromatic rings. The zero-order valence-electron chi connectivity index (χ0n) is 13.0. The van der Waals surface area contributed by atoms with E-state index in [9.17, 15) is 18.0 Å². The maximum atomic E-state index is 12.2. The second-order valence-electron chi connectivity index (χ2n) is 4.71. The average molecular weight is 340 g/mol. The molecular formula is C17H15F3O4. The van der Waals surface area contributed by atoms with Gasteiger partial charge in [-0.15, -0.1) is 13.2 Å². The van der Waals surface area contributed by atoms with Crippen LogP contribution in [0.5, 0.6) is 11.5 Å². The SMILES string of the molecule is CCOC(=O)c1ccc(OC)c(-c2ccc(OC(F)(F)F)cc2)c1. The summed E-state index contributed by atoms with van der Waals surface area (Å²) in [6.45, 7) is 1.94. The van der Waals surface area contributed by atoms with Gasteiger partial charge in [0, 0.05) is 5.56 Å². The number of alkyl halides is 3. The predicted molar refractivity (Wildman–Crippen MR) is 81.1 cm³/mol. The van der Waals surface area contributed by atoms with Gasteiger partial charge in [-0.25, -0.2) is 4.79 Å². The molecule has 0 fully saturated rings. The van der Waals surface area contributed by atoms with E-state index in [2.05, 4.69) is 4.74 Å². The molecule has 128 valence electrons. The lowest BCUT2D eigenvalue weighted by atomic mass is 10.0. The van der Waals surface area contributed by atoms with Crippen LogP contribution >= 0.6 is 0 Å². The standard InChI is InChI=1S/C17H15F3O4/c1-3-23-16(21)12-6-9-15(22-2)14(10-12)11-4-7-13(8-5-11)24-17(18,19)20/h4-10H,3H2,1-2H3. The minimum atomic E-state index is -4.75. The zero-order chi connectivity index (χ0) is 17.7. The van der Waals surface area contributed by atoms with Crippen molar-refractivity contribution in [2.45, 2.75) is 13.3 Å². The molecule has 0 unspecified atom stereocenters. The van der Waals surface area contributed by atoms with Crippen molar-refractivity contribution in [2.75, 3.05) is 13.7 Å². The fraction of sp³-hybridized carbons (Fsp3) is 0.235. The highest BCUT2D eigenvalue weighted by molar-refractivity contribution is 5.92. The third kappa shape index (κ3) is 4.41. The summed E-state index contributed by atoms with van der Waals surface area (Å²) in [5.41, 5.74) is 1.46. The lowest BCUT2D eigenvalue weighted by molar-refractivity contribution is -0.274. The van der Waals surface area contributed by atoms with Crippen LogP contribution in [0, 0.1) is 0 Å². The van der Waals surface area contributed by atoms with Gasteiger partial charge in [-0.1, -0.05) is 12.1 Å². The molecule has 0 aromatic heterocycles. The van der Waals surface area contributed by atoms with Crippen molar-refractivity contribution in [2.24, 2.45) is 0 Å². The second-order valence-corrected chi connectivity index (χ2v) is 4.71. The molecule has 2 rings (SSSR count). The van der Waals surface area contributed by atoms with Gasteiger partial charge in [0.1, 0.15) is 11.5 Å². The molecule has 4 nitrogen and oxygen atoms in total. The molecule has 0 radical (unpaired) electrons. The van der Waals surface area contributed by atoms with Gasteiger partial charge in [0.2, 0.25) is 0 Å². The number of carbonyl (C=O) groups is 1. The Bertz CT molecular complexity index is 709. The molecule has 2 aromatic carbocycles. The Labute approximate surface area is 136 Å². The fourth-order valence-corrected chi connectivity index (χ4v) is 2.11. The Balaban J connectivity index is 2.35. The first-order valence-electron chi connectivity index (χ1n) is 7.05. The van der Waals surface area contributed by atoms with Gasteiger partial charge in [0.15, 0.2) is 0 Å². The highest BCUT2D eigenvalue weighted by Crippen LogP contribution is 2.33. The molecule has 0 N–H and O–H groups in total. The van der Waals surface area contributed by atoms with Crippen LogP contribution in [0.1, 0.15) is 17.3 Å². The summed E-state index contributed by atoms with van der Waals surface area (Å²) in [7, 11) is 1.46. The van der Waals surface area contributed by atoms with Crippen LogP contribution in [0.3, 0.4) is 0 Å². The van der Waals surface area contributed by atoms with Crippen molar-refractivity contribution in [1.29, 1.82) is 0 Å². The van der Waals surface area contributed by atoms with Crippen LogP contribution in [-0.4, -0.2) is 26.0 Å². The largest absolute Gasteiger partial charge is 0.573 e. The van der Waals surface area contributed by atoms with Gasteiger partial charge in [-0.3, -0.25) is 0 Å². The van der Waals surface area contributed by atoms with Crippen molar-refractivity contribution < 1.29 is 32.2 Å². The van der Waals surface area contributed by atoms with Gasteiger partial charge < -0.3 is 14.2 Å². The molecule has 0 saturated heterocycles. The molecule has 0 bridgehead atoms. The normalized spacial score (nSPS) is 11.0. The van der Waals surface area contributed by atoms with E-state index in [1.54, 1.807) is 25.1 Å². The minimum Gasteiger partial charge on any atom is -0.496 e. The van der Waals surface area contributed by atoms with Crippen LogP contribution in [0.4, 0.5) is 13.2 Å². The first kappa shape index (κ1) is 17.7. The monoisotopic (exact) mass is 340 g/mol. The first-order valence-corrected chi connectivity index (χ1v) is 7.05. The lowest BCUT2D eigenvalue weighted by Gasteiger charge is -2.12. The van der Waals surface area contributed by atoms with Crippen molar-refractivity contribution >= 4 is 5.97 Å². The van der Waals surface area contributed by atoms with E-state index in [4.69, 9.17) is 9.47 Å². The van der Waals surface area contributed by atoms with Crippen molar-refractivity contribution in [3.63, 3.8) is 0 Å². The van der Waals surface area contributed by atoms with Gasteiger partial charge in [-0.2, -0.15) is 0 Å². The van der Waals surface area contributed by atoms with Crippen LogP contribution in [-0.2, 0) is 4.74 Å². The molecule has 0 saturated carbocycles. The number of methoxy groups -OCH3 is 1. The number of carbonyl (C=O) groups excluding carboxylic acids is 1. The summed E-state index contributed by atoms with van der Waals surface area (Å²) in [6, 6.07) is 10.0. The van der Waals surface area contributed by atoms with Crippen molar-refractivity contribution in [3.8, 4) is 22.6 Å². The Morgan fingerprint density at radius 1 is 1.08 bits per heavy atom. The zero-order valence-corrected chi connectivity index (χ0v) is 13.0. The summed E-state index contributed by atoms with van der Waals surface area (Å²) in [4.78, 5) is 11.8. The highest BCUT2D eigenvalue weighted by atomic mass is 19.4. The molecule has 7 heteroatoms. The molecule has 0 atom stereocenters. The third-order valence-electron chi connectivity index (χ3n) is 3.11. The molecular weight excluding hydrogens is 325 g/mol. The Hall–Kier alpha value is -2.70. The maximum Gasteiger partial charge on any atom is 0.573 e. The molecule has 0 aliphatic carbocycles. The number of esters is 1. The Morgan fingerprint density at radius 2 is 1.75 bits per heavy atom. The summed E-state index contributed by atoms with van der Waals surface area (Å²) in [5.74, 6) is -0.335. The van der Waals surface area contributed by atoms with E-state index in [1.807, 2.05) is 0 Å². The van der Waals surface area contributed by atoms with E-state index in [-0.39, 0.29) is 12.4 Å². The third-order valence-corrected chi connectivity index (χ3v) is 3.11.